The highest BCUT2D eigenvalue weighted by molar-refractivity contribution is 6.31. The molecule has 28 heavy (non-hydrogen) atoms. The topological polar surface area (TPSA) is 131 Å². The quantitative estimate of drug-likeness (QED) is 0.494. The molecule has 0 radical (unpaired) electrons. The van der Waals surface area contributed by atoms with Gasteiger partial charge in [-0.15, -0.1) is 0 Å². The van der Waals surface area contributed by atoms with Gasteiger partial charge in [0.05, 0.1) is 17.8 Å². The van der Waals surface area contributed by atoms with Crippen molar-refractivity contribution in [2.24, 2.45) is 0 Å². The van der Waals surface area contributed by atoms with E-state index in [1.165, 1.54) is 15.9 Å². The van der Waals surface area contributed by atoms with Crippen LogP contribution in [-0.4, -0.2) is 87.0 Å². The Bertz CT molecular complexity index is 806. The molecule has 6 atom stereocenters. The van der Waals surface area contributed by atoms with Crippen LogP contribution in [0, 0.1) is 0 Å². The van der Waals surface area contributed by atoms with E-state index in [-0.39, 0.29) is 23.9 Å². The highest BCUT2D eigenvalue weighted by atomic mass is 35.5. The van der Waals surface area contributed by atoms with E-state index >= 15 is 0 Å². The molecular formula is C18H21ClN2O7. The van der Waals surface area contributed by atoms with Crippen LogP contribution in [0.5, 0.6) is 0 Å². The normalized spacial score (nSPS) is 35.6. The molecule has 2 fully saturated rings. The number of ether oxygens (including phenoxy) is 1. The number of amides is 2. The van der Waals surface area contributed by atoms with Crippen LogP contribution < -0.4 is 4.90 Å². The van der Waals surface area contributed by atoms with Gasteiger partial charge in [-0.3, -0.25) is 9.59 Å². The largest absolute Gasteiger partial charge is 0.388 e. The first-order chi connectivity index (χ1) is 13.3. The molecule has 1 aromatic rings. The fourth-order valence-electron chi connectivity index (χ4n) is 4.08. The molecule has 4 rings (SSSR count). The lowest BCUT2D eigenvalue weighted by atomic mass is 9.98. The Morgan fingerprint density at radius 1 is 1.11 bits per heavy atom. The molecule has 2 saturated heterocycles. The number of halogens is 1. The fraction of sp³-hybridized carbons (Fsp3) is 0.556. The van der Waals surface area contributed by atoms with Crippen LogP contribution in [0.4, 0.5) is 5.69 Å². The SMILES string of the molecule is O=C1C2CCCN2C(=O)c2cc(Cl)ccc2N1C[C@H]1OC(O)[C@H](O)[C@@H](O)[C@@H]1O. The van der Waals surface area contributed by atoms with Gasteiger partial charge in [-0.1, -0.05) is 11.6 Å². The standard InChI is InChI=1S/C18H21ClN2O7/c19-8-3-4-10-9(6-8)16(25)20-5-1-2-11(20)17(26)21(10)7-12-13(22)14(23)15(24)18(27)28-12/h3-4,6,11-15,18,22-24,27H,1-2,5,7H2/t11?,12-,13-,14+,15-,18?/m1/s1. The Kier molecular flexibility index (Phi) is 5.07. The highest BCUT2D eigenvalue weighted by Gasteiger charge is 2.47. The van der Waals surface area contributed by atoms with Crippen molar-refractivity contribution in [3.05, 3.63) is 28.8 Å². The Labute approximate surface area is 165 Å². The molecule has 3 aliphatic rings. The third-order valence-corrected chi connectivity index (χ3v) is 5.83. The van der Waals surface area contributed by atoms with Crippen LogP contribution in [0.3, 0.4) is 0 Å². The molecule has 0 bridgehead atoms. The van der Waals surface area contributed by atoms with Crippen LogP contribution in [0.1, 0.15) is 23.2 Å². The van der Waals surface area contributed by atoms with Crippen LogP contribution in [0.25, 0.3) is 0 Å². The van der Waals surface area contributed by atoms with Gasteiger partial charge in [-0.2, -0.15) is 0 Å². The average molecular weight is 413 g/mol. The molecule has 0 aliphatic carbocycles. The molecule has 2 amide bonds. The van der Waals surface area contributed by atoms with E-state index < -0.39 is 36.7 Å². The number of fused-ring (bicyclic) bond motifs is 2. The minimum atomic E-state index is -1.71. The monoisotopic (exact) mass is 412 g/mol. The lowest BCUT2D eigenvalue weighted by Crippen LogP contribution is -2.61. The lowest BCUT2D eigenvalue weighted by molar-refractivity contribution is -0.279. The van der Waals surface area contributed by atoms with Gasteiger partial charge in [0, 0.05) is 11.6 Å². The van der Waals surface area contributed by atoms with E-state index in [0.29, 0.717) is 30.1 Å². The molecule has 0 spiro atoms. The minimum Gasteiger partial charge on any atom is -0.388 e. The molecule has 0 saturated carbocycles. The van der Waals surface area contributed by atoms with Crippen molar-refractivity contribution in [2.75, 3.05) is 18.0 Å². The van der Waals surface area contributed by atoms with Gasteiger partial charge in [0.2, 0.25) is 5.91 Å². The van der Waals surface area contributed by atoms with E-state index in [1.807, 2.05) is 0 Å². The van der Waals surface area contributed by atoms with Crippen molar-refractivity contribution in [3.63, 3.8) is 0 Å². The summed E-state index contributed by atoms with van der Waals surface area (Å²) in [6, 6.07) is 3.95. The third kappa shape index (κ3) is 3.08. The number of rotatable bonds is 2. The molecule has 4 N–H and O–H groups in total. The van der Waals surface area contributed by atoms with Crippen molar-refractivity contribution >= 4 is 29.1 Å². The summed E-state index contributed by atoms with van der Waals surface area (Å²) in [5.41, 5.74) is 0.580. The van der Waals surface area contributed by atoms with E-state index in [4.69, 9.17) is 16.3 Å². The fourth-order valence-corrected chi connectivity index (χ4v) is 4.26. The van der Waals surface area contributed by atoms with Gasteiger partial charge in [-0.25, -0.2) is 0 Å². The maximum absolute atomic E-state index is 13.2. The van der Waals surface area contributed by atoms with Gasteiger partial charge in [-0.05, 0) is 31.0 Å². The van der Waals surface area contributed by atoms with Gasteiger partial charge >= 0.3 is 0 Å². The van der Waals surface area contributed by atoms with Crippen molar-refractivity contribution in [2.45, 2.75) is 49.6 Å². The average Bonchev–Trinajstić information content (AvgIpc) is 3.14. The number of aliphatic hydroxyl groups excluding tert-OH is 4. The molecule has 0 aromatic heterocycles. The summed E-state index contributed by atoms with van der Waals surface area (Å²) in [7, 11) is 0. The number of carbonyl (C=O) groups excluding carboxylic acids is 2. The molecule has 3 aliphatic heterocycles. The summed E-state index contributed by atoms with van der Waals surface area (Å²) in [5.74, 6) is -0.630. The number of hydrogen-bond donors (Lipinski definition) is 4. The third-order valence-electron chi connectivity index (χ3n) is 5.59. The first-order valence-corrected chi connectivity index (χ1v) is 9.47. The van der Waals surface area contributed by atoms with E-state index in [0.717, 1.165) is 0 Å². The maximum Gasteiger partial charge on any atom is 0.256 e. The van der Waals surface area contributed by atoms with Gasteiger partial charge in [0.1, 0.15) is 30.5 Å². The van der Waals surface area contributed by atoms with Crippen LogP contribution in [0.15, 0.2) is 18.2 Å². The van der Waals surface area contributed by atoms with Crippen molar-refractivity contribution in [1.82, 2.24) is 4.90 Å². The van der Waals surface area contributed by atoms with E-state index in [2.05, 4.69) is 0 Å². The predicted octanol–water partition coefficient (Wildman–Crippen LogP) is -0.909. The van der Waals surface area contributed by atoms with Crippen molar-refractivity contribution in [3.8, 4) is 0 Å². The van der Waals surface area contributed by atoms with E-state index in [9.17, 15) is 30.0 Å². The zero-order valence-corrected chi connectivity index (χ0v) is 15.6. The molecule has 1 aromatic carbocycles. The summed E-state index contributed by atoms with van der Waals surface area (Å²) in [5, 5.41) is 40.0. The van der Waals surface area contributed by atoms with Gasteiger partial charge in [0.25, 0.3) is 5.91 Å². The maximum atomic E-state index is 13.2. The zero-order chi connectivity index (χ0) is 20.2. The second-order valence-electron chi connectivity index (χ2n) is 7.30. The van der Waals surface area contributed by atoms with Crippen LogP contribution in [0.2, 0.25) is 5.02 Å². The second-order valence-corrected chi connectivity index (χ2v) is 7.74. The number of carbonyl (C=O) groups is 2. The Morgan fingerprint density at radius 3 is 2.61 bits per heavy atom. The van der Waals surface area contributed by atoms with Crippen molar-refractivity contribution in [1.29, 1.82) is 0 Å². The zero-order valence-electron chi connectivity index (χ0n) is 14.8. The molecule has 152 valence electrons. The first kappa shape index (κ1) is 19.6. The smallest absolute Gasteiger partial charge is 0.256 e. The summed E-state index contributed by atoms with van der Waals surface area (Å²) in [6.45, 7) is 0.244. The summed E-state index contributed by atoms with van der Waals surface area (Å²) >= 11 is 6.06. The van der Waals surface area contributed by atoms with Crippen LogP contribution in [-0.2, 0) is 9.53 Å². The highest BCUT2D eigenvalue weighted by Crippen LogP contribution is 2.35. The Morgan fingerprint density at radius 2 is 1.86 bits per heavy atom. The summed E-state index contributed by atoms with van der Waals surface area (Å²) in [6.07, 6.45) is -6.49. The molecule has 2 unspecified atom stereocenters. The van der Waals surface area contributed by atoms with Crippen molar-refractivity contribution < 1.29 is 34.8 Å². The van der Waals surface area contributed by atoms with Crippen LogP contribution >= 0.6 is 11.6 Å². The summed E-state index contributed by atoms with van der Waals surface area (Å²) in [4.78, 5) is 29.0. The van der Waals surface area contributed by atoms with Gasteiger partial charge < -0.3 is 35.0 Å². The molecule has 3 heterocycles. The lowest BCUT2D eigenvalue weighted by Gasteiger charge is -2.40. The predicted molar refractivity (Wildman–Crippen MR) is 96.8 cm³/mol. The number of anilines is 1. The molecule has 9 nitrogen and oxygen atoms in total. The summed E-state index contributed by atoms with van der Waals surface area (Å²) < 4.78 is 5.23. The Balaban J connectivity index is 1.72. The Hall–Kier alpha value is -1.75. The van der Waals surface area contributed by atoms with Gasteiger partial charge in [0.15, 0.2) is 6.29 Å². The second kappa shape index (κ2) is 7.25. The number of aliphatic hydroxyl groups is 4. The molecule has 10 heteroatoms. The molecular weight excluding hydrogens is 392 g/mol. The van der Waals surface area contributed by atoms with E-state index in [1.54, 1.807) is 12.1 Å². The minimum absolute atomic E-state index is 0.215. The first-order valence-electron chi connectivity index (χ1n) is 9.09. The number of nitrogens with zero attached hydrogens (tertiary/aromatic N) is 2. The number of benzene rings is 1. The number of hydrogen-bond acceptors (Lipinski definition) is 7.